The minimum Gasteiger partial charge on any atom is -0.468 e. The Morgan fingerprint density at radius 2 is 1.74 bits per heavy atom. The minimum absolute atomic E-state index is 0.253. The molecule has 1 fully saturated rings. The first-order valence-corrected chi connectivity index (χ1v) is 7.16. The van der Waals surface area contributed by atoms with Crippen LogP contribution in [0.3, 0.4) is 0 Å². The van der Waals surface area contributed by atoms with Gasteiger partial charge in [-0.3, -0.25) is 19.2 Å². The molecule has 130 valence electrons. The molecule has 0 spiro atoms. The maximum Gasteiger partial charge on any atom is 0.320 e. The van der Waals surface area contributed by atoms with Crippen LogP contribution in [0.15, 0.2) is 0 Å². The second kappa shape index (κ2) is 8.47. The lowest BCUT2D eigenvalue weighted by atomic mass is 9.86. The van der Waals surface area contributed by atoms with Gasteiger partial charge in [0, 0.05) is 12.5 Å². The van der Waals surface area contributed by atoms with E-state index in [1.807, 2.05) is 0 Å². The maximum absolute atomic E-state index is 12.1. The highest BCUT2D eigenvalue weighted by Crippen LogP contribution is 2.21. The number of hydrogen-bond acceptors (Lipinski definition) is 7. The Morgan fingerprint density at radius 3 is 2.13 bits per heavy atom. The second-order valence-electron chi connectivity index (χ2n) is 5.33. The third-order valence-electron chi connectivity index (χ3n) is 3.87. The van der Waals surface area contributed by atoms with Crippen molar-refractivity contribution in [2.45, 2.75) is 19.4 Å². The molecule has 0 bridgehead atoms. The third-order valence-corrected chi connectivity index (χ3v) is 3.87. The second-order valence-corrected chi connectivity index (χ2v) is 5.33. The van der Waals surface area contributed by atoms with E-state index in [1.165, 1.54) is 6.92 Å². The summed E-state index contributed by atoms with van der Waals surface area (Å²) in [6.45, 7) is 2.16. The zero-order valence-electron chi connectivity index (χ0n) is 13.4. The number of methoxy groups -OCH3 is 2. The molecular weight excluding hydrogens is 308 g/mol. The Kier molecular flexibility index (Phi) is 6.95. The summed E-state index contributed by atoms with van der Waals surface area (Å²) in [5.41, 5.74) is 5.32. The molecule has 3 atom stereocenters. The monoisotopic (exact) mass is 330 g/mol. The summed E-state index contributed by atoms with van der Waals surface area (Å²) < 4.78 is 14.2. The first-order chi connectivity index (χ1) is 10.8. The Balaban J connectivity index is 2.92. The highest BCUT2D eigenvalue weighted by molar-refractivity contribution is 5.97. The number of primary amides is 1. The molecule has 0 aromatic rings. The van der Waals surface area contributed by atoms with E-state index in [4.69, 9.17) is 10.5 Å². The number of nitrogens with two attached hydrogens (primary N) is 1. The van der Waals surface area contributed by atoms with Crippen molar-refractivity contribution in [3.05, 3.63) is 0 Å². The quantitative estimate of drug-likeness (QED) is 0.432. The van der Waals surface area contributed by atoms with Crippen molar-refractivity contribution >= 4 is 23.8 Å². The van der Waals surface area contributed by atoms with Crippen LogP contribution in [0.4, 0.5) is 0 Å². The average Bonchev–Trinajstić information content (AvgIpc) is 3.05. The van der Waals surface area contributed by atoms with Crippen molar-refractivity contribution in [2.24, 2.45) is 23.5 Å². The smallest absolute Gasteiger partial charge is 0.320 e. The lowest BCUT2D eigenvalue weighted by Gasteiger charge is -2.27. The summed E-state index contributed by atoms with van der Waals surface area (Å²) in [4.78, 5) is 47.5. The normalized spacial score (nSPS) is 19.7. The number of ether oxygens (including phenoxy) is 3. The van der Waals surface area contributed by atoms with Gasteiger partial charge in [-0.1, -0.05) is 6.92 Å². The van der Waals surface area contributed by atoms with Gasteiger partial charge in [-0.25, -0.2) is 0 Å². The summed E-state index contributed by atoms with van der Waals surface area (Å²) in [7, 11) is 2.22. The Labute approximate surface area is 133 Å². The van der Waals surface area contributed by atoms with Crippen LogP contribution < -0.4 is 11.1 Å². The van der Waals surface area contributed by atoms with E-state index in [1.54, 1.807) is 0 Å². The zero-order valence-corrected chi connectivity index (χ0v) is 13.4. The SMILES string of the molecule is COC(=O)C(C(=O)OC)[C@@H](C)[C@@H](NC(=O)[C@@H]1CCOC1)C(N)=O. The number of esters is 2. The number of hydrogen-bond donors (Lipinski definition) is 2. The molecule has 9 heteroatoms. The number of amides is 2. The van der Waals surface area contributed by atoms with Gasteiger partial charge in [0.2, 0.25) is 11.8 Å². The molecule has 0 aromatic heterocycles. The van der Waals surface area contributed by atoms with Gasteiger partial charge >= 0.3 is 11.9 Å². The van der Waals surface area contributed by atoms with Crippen molar-refractivity contribution in [1.82, 2.24) is 5.32 Å². The van der Waals surface area contributed by atoms with Crippen LogP contribution in [0.1, 0.15) is 13.3 Å². The number of rotatable bonds is 7. The molecule has 1 aliphatic rings. The molecule has 1 aliphatic heterocycles. The topological polar surface area (TPSA) is 134 Å². The van der Waals surface area contributed by atoms with E-state index in [0.717, 1.165) is 14.2 Å². The van der Waals surface area contributed by atoms with Crippen LogP contribution in [0.2, 0.25) is 0 Å². The van der Waals surface area contributed by atoms with E-state index in [2.05, 4.69) is 14.8 Å². The fraction of sp³-hybridized carbons (Fsp3) is 0.714. The molecule has 0 aromatic carbocycles. The van der Waals surface area contributed by atoms with Gasteiger partial charge in [0.05, 0.1) is 26.7 Å². The van der Waals surface area contributed by atoms with Gasteiger partial charge in [-0.2, -0.15) is 0 Å². The fourth-order valence-electron chi connectivity index (χ4n) is 2.45. The first-order valence-electron chi connectivity index (χ1n) is 7.16. The summed E-state index contributed by atoms with van der Waals surface area (Å²) in [6, 6.07) is -1.22. The largest absolute Gasteiger partial charge is 0.468 e. The standard InChI is InChI=1S/C14H22N2O7/c1-7(9(13(19)21-2)14(20)22-3)10(11(15)17)16-12(18)8-4-5-23-6-8/h7-10H,4-6H2,1-3H3,(H2,15,17)(H,16,18)/t7-,8-,10-/m1/s1. The maximum atomic E-state index is 12.1. The van der Waals surface area contributed by atoms with E-state index in [0.29, 0.717) is 13.0 Å². The van der Waals surface area contributed by atoms with Gasteiger partial charge in [-0.15, -0.1) is 0 Å². The Bertz CT molecular complexity index is 458. The van der Waals surface area contributed by atoms with Gasteiger partial charge in [0.1, 0.15) is 6.04 Å². The Hall–Kier alpha value is -2.16. The summed E-state index contributed by atoms with van der Waals surface area (Å²) in [5, 5.41) is 2.49. The molecule has 0 unspecified atom stereocenters. The van der Waals surface area contributed by atoms with E-state index < -0.39 is 47.5 Å². The summed E-state index contributed by atoms with van der Waals surface area (Å²) in [6.07, 6.45) is 0.531. The van der Waals surface area contributed by atoms with Crippen molar-refractivity contribution in [3.8, 4) is 0 Å². The molecule has 0 saturated carbocycles. The fourth-order valence-corrected chi connectivity index (χ4v) is 2.45. The molecule has 1 rings (SSSR count). The van der Waals surface area contributed by atoms with Gasteiger partial charge in [0.25, 0.3) is 0 Å². The number of carbonyl (C=O) groups excluding carboxylic acids is 4. The predicted octanol–water partition coefficient (Wildman–Crippen LogP) is -1.41. The highest BCUT2D eigenvalue weighted by atomic mass is 16.5. The lowest BCUT2D eigenvalue weighted by molar-refractivity contribution is -0.162. The van der Waals surface area contributed by atoms with Gasteiger partial charge in [-0.05, 0) is 6.42 Å². The van der Waals surface area contributed by atoms with Crippen molar-refractivity contribution in [1.29, 1.82) is 0 Å². The van der Waals surface area contributed by atoms with Gasteiger partial charge < -0.3 is 25.3 Å². The van der Waals surface area contributed by atoms with E-state index >= 15 is 0 Å². The van der Waals surface area contributed by atoms with Crippen molar-refractivity contribution < 1.29 is 33.4 Å². The number of carbonyl (C=O) groups is 4. The number of nitrogens with one attached hydrogen (secondary N) is 1. The molecular formula is C14H22N2O7. The first kappa shape index (κ1) is 18.9. The van der Waals surface area contributed by atoms with Crippen molar-refractivity contribution in [2.75, 3.05) is 27.4 Å². The molecule has 0 aliphatic carbocycles. The predicted molar refractivity (Wildman–Crippen MR) is 76.7 cm³/mol. The molecule has 3 N–H and O–H groups in total. The summed E-state index contributed by atoms with van der Waals surface area (Å²) in [5.74, 6) is -5.70. The molecule has 2 amide bonds. The van der Waals surface area contributed by atoms with Crippen LogP contribution >= 0.6 is 0 Å². The summed E-state index contributed by atoms with van der Waals surface area (Å²) >= 11 is 0. The van der Waals surface area contributed by atoms with Crippen molar-refractivity contribution in [3.63, 3.8) is 0 Å². The molecule has 1 heterocycles. The van der Waals surface area contributed by atoms with E-state index in [9.17, 15) is 19.2 Å². The average molecular weight is 330 g/mol. The highest BCUT2D eigenvalue weighted by Gasteiger charge is 2.42. The molecule has 1 saturated heterocycles. The molecule has 23 heavy (non-hydrogen) atoms. The molecule has 0 radical (unpaired) electrons. The third kappa shape index (κ3) is 4.65. The van der Waals surface area contributed by atoms with E-state index in [-0.39, 0.29) is 6.61 Å². The minimum atomic E-state index is -1.37. The molecule has 9 nitrogen and oxygen atoms in total. The Morgan fingerprint density at radius 1 is 1.17 bits per heavy atom. The van der Waals surface area contributed by atoms with Crippen LogP contribution in [-0.4, -0.2) is 57.2 Å². The zero-order chi connectivity index (χ0) is 17.6. The van der Waals surface area contributed by atoms with Gasteiger partial charge in [0.15, 0.2) is 5.92 Å². The van der Waals surface area contributed by atoms with Crippen LogP contribution in [0.5, 0.6) is 0 Å². The lowest BCUT2D eigenvalue weighted by Crippen LogP contribution is -2.54. The van der Waals surface area contributed by atoms with Crippen LogP contribution in [0, 0.1) is 17.8 Å². The van der Waals surface area contributed by atoms with Crippen LogP contribution in [-0.2, 0) is 33.4 Å². The van der Waals surface area contributed by atoms with Crippen LogP contribution in [0.25, 0.3) is 0 Å².